The molecule has 0 fully saturated rings. The van der Waals surface area contributed by atoms with Crippen LogP contribution in [0.1, 0.15) is 15.9 Å². The molecule has 0 N–H and O–H groups in total. The molecule has 4 nitrogen and oxygen atoms in total. The molecule has 0 atom stereocenters. The van der Waals surface area contributed by atoms with Gasteiger partial charge in [0.05, 0.1) is 10.6 Å². The average Bonchev–Trinajstić information content (AvgIpc) is 2.28. The Morgan fingerprint density at radius 1 is 1.40 bits per heavy atom. The maximum Gasteiger partial charge on any atom is 0.181 e. The van der Waals surface area contributed by atoms with Crippen LogP contribution in [0.3, 0.4) is 0 Å². The third kappa shape index (κ3) is 1.51. The molecular weight excluding hydrogens is 218 g/mol. The number of hydrogen-bond donors (Lipinski definition) is 0. The van der Waals surface area contributed by atoms with Gasteiger partial charge in [0.2, 0.25) is 0 Å². The molecule has 1 heterocycles. The first-order chi connectivity index (χ1) is 7.27. The van der Waals surface area contributed by atoms with Gasteiger partial charge in [-0.2, -0.15) is 5.26 Å². The Balaban J connectivity index is 2.72. The van der Waals surface area contributed by atoms with Crippen LogP contribution in [0.4, 0.5) is 0 Å². The van der Waals surface area contributed by atoms with Crippen molar-refractivity contribution in [2.45, 2.75) is 0 Å². The lowest BCUT2D eigenvalue weighted by Gasteiger charge is -2.20. The maximum atomic E-state index is 10.8. The summed E-state index contributed by atoms with van der Waals surface area (Å²) in [6.07, 6.45) is 0.626. The molecule has 0 unspecified atom stereocenters. The van der Waals surface area contributed by atoms with Gasteiger partial charge in [0, 0.05) is 0 Å². The lowest BCUT2D eigenvalue weighted by atomic mass is 10.1. The molecule has 0 aromatic heterocycles. The second kappa shape index (κ2) is 3.79. The van der Waals surface area contributed by atoms with Crippen LogP contribution < -0.4 is 9.47 Å². The monoisotopic (exact) mass is 223 g/mol. The van der Waals surface area contributed by atoms with Gasteiger partial charge in [0.25, 0.3) is 0 Å². The fourth-order valence-corrected chi connectivity index (χ4v) is 1.64. The predicted molar refractivity (Wildman–Crippen MR) is 52.5 cm³/mol. The van der Waals surface area contributed by atoms with Crippen LogP contribution in [0, 0.1) is 11.3 Å². The lowest BCUT2D eigenvalue weighted by Crippen LogP contribution is -2.17. The van der Waals surface area contributed by atoms with E-state index in [1.807, 2.05) is 6.07 Å². The number of carbonyl (C=O) groups is 1. The number of benzene rings is 1. The third-order valence-electron chi connectivity index (χ3n) is 2.03. The zero-order valence-electron chi connectivity index (χ0n) is 7.62. The number of nitrogens with zero attached hydrogens (tertiary/aromatic N) is 1. The highest BCUT2D eigenvalue weighted by atomic mass is 35.5. The van der Waals surface area contributed by atoms with Crippen molar-refractivity contribution in [2.24, 2.45) is 0 Å². The molecule has 15 heavy (non-hydrogen) atoms. The van der Waals surface area contributed by atoms with Gasteiger partial charge in [-0.3, -0.25) is 4.79 Å². The minimum atomic E-state index is 0.198. The number of carbonyl (C=O) groups excluding carboxylic acids is 1. The van der Waals surface area contributed by atoms with Gasteiger partial charge in [-0.25, -0.2) is 0 Å². The number of rotatable bonds is 1. The Kier molecular flexibility index (Phi) is 2.48. The summed E-state index contributed by atoms with van der Waals surface area (Å²) < 4.78 is 10.6. The molecule has 76 valence electrons. The molecule has 0 aliphatic carbocycles. The maximum absolute atomic E-state index is 10.8. The lowest BCUT2D eigenvalue weighted by molar-refractivity contribution is 0.111. The predicted octanol–water partition coefficient (Wildman–Crippen LogP) is 1.80. The Labute approximate surface area is 91.0 Å². The molecule has 1 aliphatic heterocycles. The fraction of sp³-hybridized carbons (Fsp3) is 0.200. The molecule has 0 saturated heterocycles. The van der Waals surface area contributed by atoms with Crippen molar-refractivity contribution in [3.63, 3.8) is 0 Å². The number of halogens is 1. The largest absolute Gasteiger partial charge is 0.485 e. The second-order valence-corrected chi connectivity index (χ2v) is 3.31. The smallest absolute Gasteiger partial charge is 0.181 e. The van der Waals surface area contributed by atoms with Gasteiger partial charge in [0.1, 0.15) is 24.8 Å². The Bertz CT molecular complexity index is 465. The minimum Gasteiger partial charge on any atom is -0.485 e. The number of aldehydes is 1. The van der Waals surface area contributed by atoms with Crippen molar-refractivity contribution in [3.05, 3.63) is 22.2 Å². The van der Waals surface area contributed by atoms with Crippen molar-refractivity contribution in [2.75, 3.05) is 13.2 Å². The first-order valence-corrected chi connectivity index (χ1v) is 4.63. The van der Waals surface area contributed by atoms with Gasteiger partial charge in [-0.05, 0) is 6.07 Å². The van der Waals surface area contributed by atoms with E-state index < -0.39 is 0 Å². The summed E-state index contributed by atoms with van der Waals surface area (Å²) in [5.74, 6) is 0.565. The Morgan fingerprint density at radius 3 is 2.67 bits per heavy atom. The molecule has 0 spiro atoms. The molecule has 1 aromatic rings. The van der Waals surface area contributed by atoms with Crippen LogP contribution in [0.2, 0.25) is 5.02 Å². The van der Waals surface area contributed by atoms with Crippen LogP contribution in [0.25, 0.3) is 0 Å². The highest BCUT2D eigenvalue weighted by Crippen LogP contribution is 2.40. The summed E-state index contributed by atoms with van der Waals surface area (Å²) >= 11 is 5.83. The zero-order chi connectivity index (χ0) is 10.8. The molecule has 0 amide bonds. The van der Waals surface area contributed by atoms with Crippen LogP contribution >= 0.6 is 11.6 Å². The van der Waals surface area contributed by atoms with Crippen LogP contribution in [0.15, 0.2) is 6.07 Å². The van der Waals surface area contributed by atoms with E-state index in [2.05, 4.69) is 0 Å². The van der Waals surface area contributed by atoms with E-state index in [4.69, 9.17) is 26.3 Å². The van der Waals surface area contributed by atoms with Crippen molar-refractivity contribution in [3.8, 4) is 17.6 Å². The standard InChI is InChI=1S/C10H6ClNO3/c11-8-3-6(5-13)9-10(7(8)4-12)15-2-1-14-9/h3,5H,1-2H2. The zero-order valence-corrected chi connectivity index (χ0v) is 8.37. The topological polar surface area (TPSA) is 59.3 Å². The normalized spacial score (nSPS) is 13.1. The molecule has 5 heteroatoms. The number of ether oxygens (including phenoxy) is 2. The van der Waals surface area contributed by atoms with E-state index in [9.17, 15) is 4.79 Å². The van der Waals surface area contributed by atoms with Crippen molar-refractivity contribution < 1.29 is 14.3 Å². The summed E-state index contributed by atoms with van der Waals surface area (Å²) in [6.45, 7) is 0.709. The average molecular weight is 224 g/mol. The Hall–Kier alpha value is -1.73. The molecular formula is C10H6ClNO3. The highest BCUT2D eigenvalue weighted by molar-refractivity contribution is 6.32. The van der Waals surface area contributed by atoms with Crippen molar-refractivity contribution in [1.82, 2.24) is 0 Å². The fourth-order valence-electron chi connectivity index (χ4n) is 1.39. The molecule has 0 bridgehead atoms. The molecule has 1 aliphatic rings. The van der Waals surface area contributed by atoms with Crippen LogP contribution in [-0.4, -0.2) is 19.5 Å². The van der Waals surface area contributed by atoms with Crippen molar-refractivity contribution in [1.29, 1.82) is 5.26 Å². The Morgan fingerprint density at radius 2 is 2.07 bits per heavy atom. The number of nitriles is 1. The quantitative estimate of drug-likeness (QED) is 0.681. The van der Waals surface area contributed by atoms with Gasteiger partial charge in [-0.1, -0.05) is 11.6 Å². The van der Waals surface area contributed by atoms with Gasteiger partial charge in [-0.15, -0.1) is 0 Å². The van der Waals surface area contributed by atoms with Crippen LogP contribution in [-0.2, 0) is 0 Å². The molecule has 0 saturated carbocycles. The van der Waals surface area contributed by atoms with E-state index in [1.54, 1.807) is 0 Å². The first-order valence-electron chi connectivity index (χ1n) is 4.25. The van der Waals surface area contributed by atoms with E-state index >= 15 is 0 Å². The number of hydrogen-bond acceptors (Lipinski definition) is 4. The molecule has 1 aromatic carbocycles. The summed E-state index contributed by atoms with van der Waals surface area (Å²) in [4.78, 5) is 10.8. The summed E-state index contributed by atoms with van der Waals surface area (Å²) in [7, 11) is 0. The summed E-state index contributed by atoms with van der Waals surface area (Å²) in [6, 6.07) is 3.33. The van der Waals surface area contributed by atoms with Gasteiger partial charge in [0.15, 0.2) is 17.8 Å². The minimum absolute atomic E-state index is 0.198. The number of fused-ring (bicyclic) bond motifs is 1. The third-order valence-corrected chi connectivity index (χ3v) is 2.33. The second-order valence-electron chi connectivity index (χ2n) is 2.91. The first kappa shape index (κ1) is 9.81. The van der Waals surface area contributed by atoms with E-state index in [0.29, 0.717) is 30.8 Å². The van der Waals surface area contributed by atoms with Gasteiger partial charge < -0.3 is 9.47 Å². The summed E-state index contributed by atoms with van der Waals surface area (Å²) in [5.41, 5.74) is 0.505. The highest BCUT2D eigenvalue weighted by Gasteiger charge is 2.22. The van der Waals surface area contributed by atoms with E-state index in [-0.39, 0.29) is 16.3 Å². The van der Waals surface area contributed by atoms with Gasteiger partial charge >= 0.3 is 0 Å². The molecule has 2 rings (SSSR count). The van der Waals surface area contributed by atoms with Crippen molar-refractivity contribution >= 4 is 17.9 Å². The SMILES string of the molecule is N#Cc1c(Cl)cc(C=O)c2c1OCCO2. The van der Waals surface area contributed by atoms with Crippen LogP contribution in [0.5, 0.6) is 11.5 Å². The van der Waals surface area contributed by atoms with E-state index in [0.717, 1.165) is 0 Å². The molecule has 0 radical (unpaired) electrons. The summed E-state index contributed by atoms with van der Waals surface area (Å²) in [5, 5.41) is 9.08. The van der Waals surface area contributed by atoms with E-state index in [1.165, 1.54) is 6.07 Å².